The van der Waals surface area contributed by atoms with Crippen LogP contribution in [0.1, 0.15) is 51.4 Å². The number of nitrogens with zero attached hydrogens (tertiary/aromatic N) is 2. The fourth-order valence-corrected chi connectivity index (χ4v) is 2.26. The van der Waals surface area contributed by atoms with Crippen molar-refractivity contribution in [3.05, 3.63) is 0 Å². The average Bonchev–Trinajstić information content (AvgIpc) is 2.30. The number of rotatable bonds is 10. The molecule has 19 heavy (non-hydrogen) atoms. The third-order valence-electron chi connectivity index (χ3n) is 3.83. The molecular formula is C15H32N4. The molecule has 0 atom stereocenters. The Bertz CT molecular complexity index is 247. The topological polar surface area (TPSA) is 53.6 Å². The number of hydrogen-bond donors (Lipinski definition) is 2. The summed E-state index contributed by atoms with van der Waals surface area (Å²) in [4.78, 5) is 6.64. The van der Waals surface area contributed by atoms with Crippen LogP contribution < -0.4 is 11.1 Å². The van der Waals surface area contributed by atoms with E-state index in [9.17, 15) is 0 Å². The van der Waals surface area contributed by atoms with Crippen molar-refractivity contribution in [3.63, 3.8) is 0 Å². The molecule has 1 aliphatic carbocycles. The predicted octanol–water partition coefficient (Wildman–Crippen LogP) is 2.20. The highest BCUT2D eigenvalue weighted by atomic mass is 15.1. The van der Waals surface area contributed by atoms with Crippen LogP contribution in [0.4, 0.5) is 0 Å². The van der Waals surface area contributed by atoms with Gasteiger partial charge in [-0.3, -0.25) is 4.99 Å². The molecule has 0 unspecified atom stereocenters. The van der Waals surface area contributed by atoms with E-state index in [1.165, 1.54) is 57.9 Å². The maximum Gasteiger partial charge on any atom is 0.188 e. The Labute approximate surface area is 118 Å². The first-order valence-corrected chi connectivity index (χ1v) is 7.87. The minimum atomic E-state index is 0.638. The Morgan fingerprint density at radius 1 is 1.16 bits per heavy atom. The minimum Gasteiger partial charge on any atom is -0.370 e. The Morgan fingerprint density at radius 3 is 2.47 bits per heavy atom. The van der Waals surface area contributed by atoms with Gasteiger partial charge in [-0.2, -0.15) is 0 Å². The lowest BCUT2D eigenvalue weighted by Gasteiger charge is -2.23. The summed E-state index contributed by atoms with van der Waals surface area (Å²) in [6.45, 7) is 3.09. The minimum absolute atomic E-state index is 0.638. The van der Waals surface area contributed by atoms with E-state index in [0.717, 1.165) is 19.0 Å². The molecule has 0 spiro atoms. The van der Waals surface area contributed by atoms with Crippen molar-refractivity contribution < 1.29 is 0 Å². The first-order chi connectivity index (χ1) is 9.18. The van der Waals surface area contributed by atoms with Crippen LogP contribution in [0.25, 0.3) is 0 Å². The van der Waals surface area contributed by atoms with Crippen LogP contribution in [0.15, 0.2) is 4.99 Å². The highest BCUT2D eigenvalue weighted by Gasteiger charge is 2.16. The van der Waals surface area contributed by atoms with Crippen LogP contribution in [0.2, 0.25) is 0 Å². The van der Waals surface area contributed by atoms with Crippen LogP contribution in [0.5, 0.6) is 0 Å². The summed E-state index contributed by atoms with van der Waals surface area (Å²) in [5, 5.41) is 3.21. The van der Waals surface area contributed by atoms with Crippen molar-refractivity contribution in [2.45, 2.75) is 51.4 Å². The Morgan fingerprint density at radius 2 is 1.84 bits per heavy atom. The second-order valence-corrected chi connectivity index (χ2v) is 6.02. The second kappa shape index (κ2) is 10.1. The third kappa shape index (κ3) is 8.87. The van der Waals surface area contributed by atoms with Crippen molar-refractivity contribution in [2.24, 2.45) is 16.6 Å². The smallest absolute Gasteiger partial charge is 0.188 e. The summed E-state index contributed by atoms with van der Waals surface area (Å²) in [7, 11) is 4.27. The van der Waals surface area contributed by atoms with Gasteiger partial charge in [0, 0.05) is 13.1 Å². The van der Waals surface area contributed by atoms with E-state index in [2.05, 4.69) is 29.3 Å². The summed E-state index contributed by atoms with van der Waals surface area (Å²) in [6.07, 6.45) is 10.5. The number of unbranched alkanes of at least 4 members (excludes halogenated alkanes) is 4. The standard InChI is InChI=1S/C15H32N4/c1-19(2)12-7-5-3-4-6-11-17-15(16)18-13-14-9-8-10-14/h14H,3-13H2,1-2H3,(H3,16,17,18). The highest BCUT2D eigenvalue weighted by Crippen LogP contribution is 2.26. The summed E-state index contributed by atoms with van der Waals surface area (Å²) in [5.41, 5.74) is 5.83. The van der Waals surface area contributed by atoms with Crippen molar-refractivity contribution in [3.8, 4) is 0 Å². The molecule has 0 aromatic carbocycles. The van der Waals surface area contributed by atoms with Crippen LogP contribution in [0, 0.1) is 5.92 Å². The highest BCUT2D eigenvalue weighted by molar-refractivity contribution is 5.77. The van der Waals surface area contributed by atoms with Gasteiger partial charge in [-0.1, -0.05) is 25.7 Å². The summed E-state index contributed by atoms with van der Waals surface area (Å²) in [5.74, 6) is 1.44. The van der Waals surface area contributed by atoms with E-state index in [1.807, 2.05) is 0 Å². The lowest BCUT2D eigenvalue weighted by molar-refractivity contribution is 0.326. The van der Waals surface area contributed by atoms with E-state index in [0.29, 0.717) is 5.96 Å². The SMILES string of the molecule is CN(C)CCCCCCCNC(N)=NCC1CCC1. The fourth-order valence-electron chi connectivity index (χ4n) is 2.26. The molecule has 4 heteroatoms. The Hall–Kier alpha value is -0.770. The molecule has 3 N–H and O–H groups in total. The lowest BCUT2D eigenvalue weighted by atomic mass is 9.86. The number of nitrogens with one attached hydrogen (secondary N) is 1. The van der Waals surface area contributed by atoms with Gasteiger partial charge in [-0.25, -0.2) is 0 Å². The van der Waals surface area contributed by atoms with Crippen LogP contribution in [-0.2, 0) is 0 Å². The van der Waals surface area contributed by atoms with Gasteiger partial charge in [0.25, 0.3) is 0 Å². The van der Waals surface area contributed by atoms with E-state index in [-0.39, 0.29) is 0 Å². The molecule has 1 rings (SSSR count). The Balaban J connectivity index is 1.84. The van der Waals surface area contributed by atoms with Gasteiger partial charge in [0.2, 0.25) is 0 Å². The number of aliphatic imine (C=N–C) groups is 1. The molecule has 0 aromatic heterocycles. The van der Waals surface area contributed by atoms with Crippen molar-refractivity contribution in [1.29, 1.82) is 0 Å². The first kappa shape index (κ1) is 16.3. The fraction of sp³-hybridized carbons (Fsp3) is 0.933. The first-order valence-electron chi connectivity index (χ1n) is 7.87. The molecule has 0 radical (unpaired) electrons. The molecule has 0 amide bonds. The molecule has 0 bridgehead atoms. The zero-order valence-corrected chi connectivity index (χ0v) is 12.8. The van der Waals surface area contributed by atoms with Gasteiger partial charge in [0.05, 0.1) is 0 Å². The van der Waals surface area contributed by atoms with Crippen molar-refractivity contribution >= 4 is 5.96 Å². The maximum absolute atomic E-state index is 5.83. The molecule has 1 fully saturated rings. The molecule has 0 aromatic rings. The van der Waals surface area contributed by atoms with Gasteiger partial charge in [-0.15, -0.1) is 0 Å². The molecule has 4 nitrogen and oxygen atoms in total. The van der Waals surface area contributed by atoms with Gasteiger partial charge >= 0.3 is 0 Å². The molecule has 0 heterocycles. The molecular weight excluding hydrogens is 236 g/mol. The zero-order chi connectivity index (χ0) is 13.9. The van der Waals surface area contributed by atoms with Gasteiger partial charge < -0.3 is 16.0 Å². The number of nitrogens with two attached hydrogens (primary N) is 1. The van der Waals surface area contributed by atoms with Gasteiger partial charge in [-0.05, 0) is 52.2 Å². The third-order valence-corrected chi connectivity index (χ3v) is 3.83. The van der Waals surface area contributed by atoms with E-state index in [4.69, 9.17) is 5.73 Å². The number of hydrogen-bond acceptors (Lipinski definition) is 2. The number of guanidine groups is 1. The summed E-state index contributed by atoms with van der Waals surface area (Å²) >= 11 is 0. The zero-order valence-electron chi connectivity index (χ0n) is 12.8. The quantitative estimate of drug-likeness (QED) is 0.363. The normalized spacial score (nSPS) is 16.7. The van der Waals surface area contributed by atoms with E-state index >= 15 is 0 Å². The molecule has 112 valence electrons. The second-order valence-electron chi connectivity index (χ2n) is 6.02. The maximum atomic E-state index is 5.83. The predicted molar refractivity (Wildman–Crippen MR) is 83.5 cm³/mol. The van der Waals surface area contributed by atoms with Crippen LogP contribution in [0.3, 0.4) is 0 Å². The summed E-state index contributed by atoms with van der Waals surface area (Å²) < 4.78 is 0. The molecule has 0 saturated heterocycles. The van der Waals surface area contributed by atoms with Crippen molar-refractivity contribution in [1.82, 2.24) is 10.2 Å². The lowest BCUT2D eigenvalue weighted by Crippen LogP contribution is -2.33. The van der Waals surface area contributed by atoms with Crippen molar-refractivity contribution in [2.75, 3.05) is 33.7 Å². The van der Waals surface area contributed by atoms with Gasteiger partial charge in [0.1, 0.15) is 0 Å². The average molecular weight is 268 g/mol. The summed E-state index contributed by atoms with van der Waals surface area (Å²) in [6, 6.07) is 0. The monoisotopic (exact) mass is 268 g/mol. The molecule has 0 aliphatic heterocycles. The van der Waals surface area contributed by atoms with Gasteiger partial charge in [0.15, 0.2) is 5.96 Å². The Kier molecular flexibility index (Phi) is 8.63. The van der Waals surface area contributed by atoms with Crippen LogP contribution >= 0.6 is 0 Å². The molecule has 1 saturated carbocycles. The van der Waals surface area contributed by atoms with E-state index < -0.39 is 0 Å². The van der Waals surface area contributed by atoms with E-state index in [1.54, 1.807) is 0 Å². The van der Waals surface area contributed by atoms with Crippen LogP contribution in [-0.4, -0.2) is 44.6 Å². The largest absolute Gasteiger partial charge is 0.370 e. The molecule has 1 aliphatic rings.